The van der Waals surface area contributed by atoms with E-state index < -0.39 is 30.3 Å². The van der Waals surface area contributed by atoms with E-state index in [1.54, 1.807) is 31.2 Å². The standard InChI is InChI=1S/C8H7ClO4S.C8H8O2.ClHO3S.H2/c1-5-2-3-6(8(10)11)4-7(5)14(9,12)13;1-6-2-4-7(5-3-6)8(9)10;1-5(2,3)4;/h2-4H,1H3,(H,10,11);2-5H,1H3,(H,9,10);(H,2,3,4);1H/i;;;1+1. The maximum atomic E-state index is 11.0. The van der Waals surface area contributed by atoms with Crippen LogP contribution in [0.4, 0.5) is 0 Å². The molecule has 0 heterocycles. The van der Waals surface area contributed by atoms with E-state index >= 15 is 0 Å². The van der Waals surface area contributed by atoms with Crippen molar-refractivity contribution >= 4 is 51.7 Å². The fourth-order valence-electron chi connectivity index (χ4n) is 1.69. The normalized spacial score (nSPS) is 10.7. The van der Waals surface area contributed by atoms with Gasteiger partial charge >= 0.3 is 21.3 Å². The van der Waals surface area contributed by atoms with Crippen LogP contribution in [-0.2, 0) is 18.4 Å². The number of rotatable bonds is 3. The summed E-state index contributed by atoms with van der Waals surface area (Å²) in [4.78, 5) is 20.7. The van der Waals surface area contributed by atoms with Crippen molar-refractivity contribution in [3.8, 4) is 0 Å². The molecule has 162 valence electrons. The Morgan fingerprint density at radius 3 is 1.55 bits per heavy atom. The minimum absolute atomic E-state index is 0. The highest BCUT2D eigenvalue weighted by Crippen LogP contribution is 2.20. The number of aromatic carboxylic acids is 2. The summed E-state index contributed by atoms with van der Waals surface area (Å²) in [6.07, 6.45) is 0. The van der Waals surface area contributed by atoms with Crippen LogP contribution in [0.2, 0.25) is 0 Å². The van der Waals surface area contributed by atoms with Crippen molar-refractivity contribution in [2.75, 3.05) is 0 Å². The molecule has 0 fully saturated rings. The summed E-state index contributed by atoms with van der Waals surface area (Å²) in [6, 6.07) is 10.5. The first-order valence-corrected chi connectivity index (χ1v) is 11.9. The highest BCUT2D eigenvalue weighted by atomic mass is 35.7. The third-order valence-corrected chi connectivity index (χ3v) is 4.46. The van der Waals surface area contributed by atoms with E-state index in [1.807, 2.05) is 6.92 Å². The van der Waals surface area contributed by atoms with Gasteiger partial charge in [0.2, 0.25) is 0 Å². The summed E-state index contributed by atoms with van der Waals surface area (Å²) in [5, 5.41) is 17.1. The fraction of sp³-hybridized carbons (Fsp3) is 0.125. The van der Waals surface area contributed by atoms with Crippen molar-refractivity contribution in [1.29, 1.82) is 0 Å². The van der Waals surface area contributed by atoms with Gasteiger partial charge < -0.3 is 10.2 Å². The van der Waals surface area contributed by atoms with Crippen molar-refractivity contribution < 1.29 is 42.6 Å². The predicted molar refractivity (Wildman–Crippen MR) is 109 cm³/mol. The largest absolute Gasteiger partial charge is 0.478 e. The van der Waals surface area contributed by atoms with Crippen LogP contribution in [0.1, 0.15) is 33.3 Å². The number of hydrogen-bond donors (Lipinski definition) is 3. The number of carboxylic acids is 2. The van der Waals surface area contributed by atoms with E-state index in [-0.39, 0.29) is 11.9 Å². The smallest absolute Gasteiger partial charge is 0.353 e. The second-order valence-electron chi connectivity index (χ2n) is 5.31. The molecule has 0 unspecified atom stereocenters. The van der Waals surface area contributed by atoms with Crippen LogP contribution in [0.15, 0.2) is 47.4 Å². The molecule has 0 aromatic heterocycles. The maximum Gasteiger partial charge on any atom is 0.353 e. The van der Waals surface area contributed by atoms with Gasteiger partial charge in [0.15, 0.2) is 0 Å². The molecule has 13 heteroatoms. The number of carbonyl (C=O) groups is 2. The summed E-state index contributed by atoms with van der Waals surface area (Å²) < 4.78 is 47.2. The molecule has 0 bridgehead atoms. The second kappa shape index (κ2) is 11.1. The lowest BCUT2D eigenvalue weighted by Gasteiger charge is -2.02. The lowest BCUT2D eigenvalue weighted by atomic mass is 10.1. The number of carboxylic acid groups (broad SMARTS) is 2. The minimum Gasteiger partial charge on any atom is -0.478 e. The molecule has 2 aromatic rings. The Balaban J connectivity index is 0. The Morgan fingerprint density at radius 1 is 0.828 bits per heavy atom. The van der Waals surface area contributed by atoms with E-state index in [1.165, 1.54) is 12.1 Å². The number of hydrogen-bond acceptors (Lipinski definition) is 6. The number of halogens is 2. The van der Waals surface area contributed by atoms with Crippen molar-refractivity contribution in [1.82, 2.24) is 0 Å². The predicted octanol–water partition coefficient (Wildman–Crippen LogP) is 3.59. The third-order valence-electron chi connectivity index (χ3n) is 3.00. The van der Waals surface area contributed by atoms with Crippen LogP contribution >= 0.6 is 21.4 Å². The van der Waals surface area contributed by atoms with Gasteiger partial charge in [-0.05, 0) is 43.7 Å². The Hall–Kier alpha value is -2.18. The quantitative estimate of drug-likeness (QED) is 0.431. The summed E-state index contributed by atoms with van der Waals surface area (Å²) in [6.45, 7) is 3.46. The minimum atomic E-state index is -4.19. The first kappa shape index (κ1) is 26.8. The first-order chi connectivity index (χ1) is 13.0. The summed E-state index contributed by atoms with van der Waals surface area (Å²) in [7, 11) is 1.10. The first-order valence-electron chi connectivity index (χ1n) is 7.28. The molecular weight excluding hydrogens is 471 g/mol. The third kappa shape index (κ3) is 12.1. The van der Waals surface area contributed by atoms with Gasteiger partial charge in [0.1, 0.15) is 0 Å². The van der Waals surface area contributed by atoms with Crippen molar-refractivity contribution in [3.05, 3.63) is 64.7 Å². The van der Waals surface area contributed by atoms with E-state index in [4.69, 9.17) is 33.9 Å². The molecule has 2 aromatic carbocycles. The second-order valence-corrected chi connectivity index (χ2v) is 9.84. The molecule has 29 heavy (non-hydrogen) atoms. The van der Waals surface area contributed by atoms with Gasteiger partial charge in [0, 0.05) is 22.8 Å². The number of benzene rings is 2. The van der Waals surface area contributed by atoms with Gasteiger partial charge in [-0.2, -0.15) is 8.42 Å². The zero-order valence-corrected chi connectivity index (χ0v) is 18.0. The van der Waals surface area contributed by atoms with Crippen LogP contribution < -0.4 is 0 Å². The molecule has 2 rings (SSSR count). The van der Waals surface area contributed by atoms with Gasteiger partial charge in [-0.3, -0.25) is 4.55 Å². The molecule has 0 saturated carbocycles. The summed E-state index contributed by atoms with van der Waals surface area (Å²) in [5.74, 6) is -2.06. The van der Waals surface area contributed by atoms with Gasteiger partial charge in [0.05, 0.1) is 16.0 Å². The molecule has 0 spiro atoms. The van der Waals surface area contributed by atoms with Crippen LogP contribution in [0.3, 0.4) is 0 Å². The highest BCUT2D eigenvalue weighted by molar-refractivity contribution is 8.13. The molecule has 0 saturated heterocycles. The Kier molecular flexibility index (Phi) is 10.3. The fourth-order valence-corrected chi connectivity index (χ4v) is 2.91. The molecular formula is C16H18Cl2O9S2. The van der Waals surface area contributed by atoms with Gasteiger partial charge in [-0.25, -0.2) is 18.0 Å². The van der Waals surface area contributed by atoms with E-state index in [0.29, 0.717) is 11.1 Å². The molecule has 0 aliphatic rings. The SMILES string of the molecule is Cc1ccc(C(=O)O)cc1.Cc1ccc(C(=O)O)cc1S(=O)(=O)Cl.O=S(=O)(O)Cl.[2HH]. The number of aryl methyl sites for hydroxylation is 2. The van der Waals surface area contributed by atoms with Gasteiger partial charge in [-0.15, -0.1) is 0 Å². The average Bonchev–Trinajstić information content (AvgIpc) is 2.53. The molecule has 0 aliphatic heterocycles. The monoisotopic (exact) mass is 489 g/mol. The van der Waals surface area contributed by atoms with Crippen molar-refractivity contribution in [3.63, 3.8) is 0 Å². The van der Waals surface area contributed by atoms with Gasteiger partial charge in [-0.1, -0.05) is 23.8 Å². The molecule has 0 amide bonds. The average molecular weight is 490 g/mol. The van der Waals surface area contributed by atoms with Crippen LogP contribution in [0.25, 0.3) is 0 Å². The molecule has 9 nitrogen and oxygen atoms in total. The molecule has 0 aliphatic carbocycles. The molecule has 0 radical (unpaired) electrons. The van der Waals surface area contributed by atoms with Crippen molar-refractivity contribution in [2.45, 2.75) is 18.7 Å². The molecule has 0 atom stereocenters. The Bertz CT molecular complexity index is 1080. The van der Waals surface area contributed by atoms with Gasteiger partial charge in [0.25, 0.3) is 9.05 Å². The van der Waals surface area contributed by atoms with Crippen LogP contribution in [0, 0.1) is 13.8 Å². The lowest BCUT2D eigenvalue weighted by Crippen LogP contribution is -2.01. The van der Waals surface area contributed by atoms with E-state index in [9.17, 15) is 18.0 Å². The highest BCUT2D eigenvalue weighted by Gasteiger charge is 2.15. The van der Waals surface area contributed by atoms with Crippen LogP contribution in [-0.4, -0.2) is 43.5 Å². The van der Waals surface area contributed by atoms with E-state index in [0.717, 1.165) is 11.6 Å². The Morgan fingerprint density at radius 2 is 1.21 bits per heavy atom. The zero-order chi connectivity index (χ0) is 23.0. The topological polar surface area (TPSA) is 163 Å². The lowest BCUT2D eigenvalue weighted by molar-refractivity contribution is 0.0686. The maximum absolute atomic E-state index is 11.0. The van der Waals surface area contributed by atoms with E-state index in [2.05, 4.69) is 10.7 Å². The summed E-state index contributed by atoms with van der Waals surface area (Å²) in [5.41, 5.74) is 1.73. The van der Waals surface area contributed by atoms with Crippen molar-refractivity contribution in [2.24, 2.45) is 0 Å². The van der Waals surface area contributed by atoms with Crippen LogP contribution in [0.5, 0.6) is 0 Å². The molecule has 3 N–H and O–H groups in total. The Labute approximate surface area is 177 Å². The zero-order valence-electron chi connectivity index (χ0n) is 14.9. The summed E-state index contributed by atoms with van der Waals surface area (Å²) >= 11 is 0.